The molecule has 16 heavy (non-hydrogen) atoms. The molecule has 1 aromatic carbocycles. The third-order valence-corrected chi connectivity index (χ3v) is 2.87. The number of ether oxygens (including phenoxy) is 2. The molecular formula is C13H18O3. The second kappa shape index (κ2) is 5.43. The van der Waals surface area contributed by atoms with Crippen molar-refractivity contribution in [1.82, 2.24) is 0 Å². The van der Waals surface area contributed by atoms with Crippen LogP contribution in [0.15, 0.2) is 30.3 Å². The van der Waals surface area contributed by atoms with Gasteiger partial charge in [-0.1, -0.05) is 37.3 Å². The highest BCUT2D eigenvalue weighted by Gasteiger charge is 2.27. The SMILES string of the molecule is CCC(OC1COC1)C(O)c1ccccc1. The van der Waals surface area contributed by atoms with E-state index in [1.807, 2.05) is 37.3 Å². The van der Waals surface area contributed by atoms with Crippen LogP contribution in [-0.2, 0) is 9.47 Å². The van der Waals surface area contributed by atoms with Crippen molar-refractivity contribution in [3.63, 3.8) is 0 Å². The van der Waals surface area contributed by atoms with E-state index in [0.29, 0.717) is 13.2 Å². The second-order valence-electron chi connectivity index (χ2n) is 4.10. The minimum absolute atomic E-state index is 0.142. The minimum atomic E-state index is -0.549. The van der Waals surface area contributed by atoms with Crippen molar-refractivity contribution in [3.05, 3.63) is 35.9 Å². The first-order valence-electron chi connectivity index (χ1n) is 5.77. The Morgan fingerprint density at radius 2 is 2.06 bits per heavy atom. The van der Waals surface area contributed by atoms with Gasteiger partial charge >= 0.3 is 0 Å². The van der Waals surface area contributed by atoms with Crippen molar-refractivity contribution >= 4 is 0 Å². The van der Waals surface area contributed by atoms with Crippen LogP contribution in [0.5, 0.6) is 0 Å². The van der Waals surface area contributed by atoms with Gasteiger partial charge in [0.15, 0.2) is 0 Å². The smallest absolute Gasteiger partial charge is 0.105 e. The molecule has 0 aliphatic carbocycles. The van der Waals surface area contributed by atoms with Gasteiger partial charge < -0.3 is 14.6 Å². The summed E-state index contributed by atoms with van der Waals surface area (Å²) in [6.45, 7) is 3.33. The fourth-order valence-electron chi connectivity index (χ4n) is 1.80. The third-order valence-electron chi connectivity index (χ3n) is 2.87. The highest BCUT2D eigenvalue weighted by molar-refractivity contribution is 5.18. The van der Waals surface area contributed by atoms with Crippen molar-refractivity contribution in [2.24, 2.45) is 0 Å². The normalized spacial score (nSPS) is 20.1. The van der Waals surface area contributed by atoms with Crippen LogP contribution in [0.3, 0.4) is 0 Å². The lowest BCUT2D eigenvalue weighted by atomic mass is 10.0. The molecule has 0 bridgehead atoms. The van der Waals surface area contributed by atoms with Crippen molar-refractivity contribution in [1.29, 1.82) is 0 Å². The van der Waals surface area contributed by atoms with Gasteiger partial charge in [0, 0.05) is 0 Å². The molecule has 1 aliphatic heterocycles. The minimum Gasteiger partial charge on any atom is -0.386 e. The molecule has 3 nitrogen and oxygen atoms in total. The average molecular weight is 222 g/mol. The number of hydrogen-bond donors (Lipinski definition) is 1. The number of hydrogen-bond acceptors (Lipinski definition) is 3. The highest BCUT2D eigenvalue weighted by Crippen LogP contribution is 2.23. The molecule has 2 atom stereocenters. The molecule has 1 fully saturated rings. The van der Waals surface area contributed by atoms with Gasteiger partial charge in [-0.3, -0.25) is 0 Å². The van der Waals surface area contributed by atoms with Crippen molar-refractivity contribution in [3.8, 4) is 0 Å². The Kier molecular flexibility index (Phi) is 3.93. The van der Waals surface area contributed by atoms with Gasteiger partial charge in [-0.2, -0.15) is 0 Å². The van der Waals surface area contributed by atoms with Crippen molar-refractivity contribution in [2.75, 3.05) is 13.2 Å². The second-order valence-corrected chi connectivity index (χ2v) is 4.10. The van der Waals surface area contributed by atoms with Crippen LogP contribution in [0, 0.1) is 0 Å². The van der Waals surface area contributed by atoms with Gasteiger partial charge in [0.1, 0.15) is 12.2 Å². The van der Waals surface area contributed by atoms with Gasteiger partial charge in [-0.15, -0.1) is 0 Å². The zero-order valence-electron chi connectivity index (χ0n) is 9.50. The van der Waals surface area contributed by atoms with E-state index in [-0.39, 0.29) is 12.2 Å². The number of aliphatic hydroxyl groups is 1. The van der Waals surface area contributed by atoms with Gasteiger partial charge in [-0.25, -0.2) is 0 Å². The van der Waals surface area contributed by atoms with Crippen LogP contribution < -0.4 is 0 Å². The average Bonchev–Trinajstić information content (AvgIpc) is 2.28. The van der Waals surface area contributed by atoms with Crippen LogP contribution in [0.2, 0.25) is 0 Å². The van der Waals surface area contributed by atoms with E-state index in [0.717, 1.165) is 12.0 Å². The van der Waals surface area contributed by atoms with E-state index in [9.17, 15) is 5.11 Å². The zero-order valence-corrected chi connectivity index (χ0v) is 9.50. The molecule has 0 amide bonds. The van der Waals surface area contributed by atoms with Crippen LogP contribution in [0.25, 0.3) is 0 Å². The number of rotatable bonds is 5. The predicted molar refractivity (Wildman–Crippen MR) is 61.2 cm³/mol. The molecule has 2 unspecified atom stereocenters. The lowest BCUT2D eigenvalue weighted by Gasteiger charge is -2.32. The molecule has 88 valence electrons. The van der Waals surface area contributed by atoms with E-state index < -0.39 is 6.10 Å². The molecule has 0 saturated carbocycles. The maximum absolute atomic E-state index is 10.2. The summed E-state index contributed by atoms with van der Waals surface area (Å²) in [5.41, 5.74) is 0.912. The zero-order chi connectivity index (χ0) is 11.4. The van der Waals surface area contributed by atoms with E-state index in [1.165, 1.54) is 0 Å². The lowest BCUT2D eigenvalue weighted by molar-refractivity contribution is -0.176. The summed E-state index contributed by atoms with van der Waals surface area (Å²) >= 11 is 0. The molecule has 3 heteroatoms. The topological polar surface area (TPSA) is 38.7 Å². The molecule has 0 radical (unpaired) electrons. The summed E-state index contributed by atoms with van der Waals surface area (Å²) in [5.74, 6) is 0. The summed E-state index contributed by atoms with van der Waals surface area (Å²) in [6, 6.07) is 9.65. The van der Waals surface area contributed by atoms with E-state index >= 15 is 0 Å². The molecule has 1 saturated heterocycles. The summed E-state index contributed by atoms with van der Waals surface area (Å²) < 4.78 is 10.8. The number of benzene rings is 1. The quantitative estimate of drug-likeness (QED) is 0.827. The molecule has 2 rings (SSSR count). The summed E-state index contributed by atoms with van der Waals surface area (Å²) in [6.07, 6.45) is 0.262. The summed E-state index contributed by atoms with van der Waals surface area (Å²) in [4.78, 5) is 0. The Hall–Kier alpha value is -0.900. The molecular weight excluding hydrogens is 204 g/mol. The van der Waals surface area contributed by atoms with Crippen molar-refractivity contribution in [2.45, 2.75) is 31.7 Å². The van der Waals surface area contributed by atoms with E-state index in [4.69, 9.17) is 9.47 Å². The van der Waals surface area contributed by atoms with Crippen molar-refractivity contribution < 1.29 is 14.6 Å². The Morgan fingerprint density at radius 1 is 1.38 bits per heavy atom. The maximum atomic E-state index is 10.2. The van der Waals surface area contributed by atoms with Crippen LogP contribution in [-0.4, -0.2) is 30.5 Å². The maximum Gasteiger partial charge on any atom is 0.105 e. The highest BCUT2D eigenvalue weighted by atomic mass is 16.6. The van der Waals surface area contributed by atoms with Gasteiger partial charge in [0.25, 0.3) is 0 Å². The van der Waals surface area contributed by atoms with E-state index in [2.05, 4.69) is 0 Å². The van der Waals surface area contributed by atoms with Crippen LogP contribution in [0.1, 0.15) is 25.0 Å². The number of aliphatic hydroxyl groups excluding tert-OH is 1. The van der Waals surface area contributed by atoms with Crippen LogP contribution in [0.4, 0.5) is 0 Å². The largest absolute Gasteiger partial charge is 0.386 e. The summed E-state index contributed by atoms with van der Waals surface area (Å²) in [7, 11) is 0. The molecule has 0 spiro atoms. The Morgan fingerprint density at radius 3 is 2.56 bits per heavy atom. The molecule has 1 N–H and O–H groups in total. The Bertz CT molecular complexity index is 308. The van der Waals surface area contributed by atoms with Gasteiger partial charge in [0.05, 0.1) is 19.3 Å². The first kappa shape index (κ1) is 11.6. The van der Waals surface area contributed by atoms with Gasteiger partial charge in [-0.05, 0) is 12.0 Å². The Balaban J connectivity index is 1.97. The summed E-state index contributed by atoms with van der Waals surface area (Å²) in [5, 5.41) is 10.2. The van der Waals surface area contributed by atoms with E-state index in [1.54, 1.807) is 0 Å². The molecule has 1 heterocycles. The lowest BCUT2D eigenvalue weighted by Crippen LogP contribution is -2.40. The monoisotopic (exact) mass is 222 g/mol. The Labute approximate surface area is 96.0 Å². The first-order valence-corrected chi connectivity index (χ1v) is 5.77. The van der Waals surface area contributed by atoms with Gasteiger partial charge in [0.2, 0.25) is 0 Å². The molecule has 1 aromatic rings. The third kappa shape index (κ3) is 2.61. The molecule has 0 aromatic heterocycles. The molecule has 1 aliphatic rings. The predicted octanol–water partition coefficient (Wildman–Crippen LogP) is 1.91. The fraction of sp³-hybridized carbons (Fsp3) is 0.538. The fourth-order valence-corrected chi connectivity index (χ4v) is 1.80. The standard InChI is InChI=1S/C13H18O3/c1-2-12(16-11-8-15-9-11)13(14)10-6-4-3-5-7-10/h3-7,11-14H,2,8-9H2,1H3. The van der Waals surface area contributed by atoms with Crippen LogP contribution >= 0.6 is 0 Å². The first-order chi connectivity index (χ1) is 7.81.